The minimum Gasteiger partial charge on any atom is -0.508 e. The number of hydrogen-bond acceptors (Lipinski definition) is 4. The van der Waals surface area contributed by atoms with Crippen molar-refractivity contribution in [3.63, 3.8) is 0 Å². The van der Waals surface area contributed by atoms with E-state index in [4.69, 9.17) is 5.73 Å². The van der Waals surface area contributed by atoms with Crippen LogP contribution in [0, 0.1) is 0 Å². The first kappa shape index (κ1) is 18.0. The minimum atomic E-state index is -0.0232. The summed E-state index contributed by atoms with van der Waals surface area (Å²) in [7, 11) is 0. The number of nitrogen functional groups attached to an aromatic ring is 1. The van der Waals surface area contributed by atoms with Gasteiger partial charge in [-0.05, 0) is 60.2 Å². The second-order valence-corrected chi connectivity index (χ2v) is 7.14. The fourth-order valence-corrected chi connectivity index (χ4v) is 3.43. The van der Waals surface area contributed by atoms with E-state index >= 15 is 0 Å². The van der Waals surface area contributed by atoms with Crippen LogP contribution in [-0.4, -0.2) is 22.0 Å². The van der Waals surface area contributed by atoms with Crippen molar-refractivity contribution in [3.05, 3.63) is 65.9 Å². The molecule has 0 bridgehead atoms. The van der Waals surface area contributed by atoms with Crippen molar-refractivity contribution in [2.75, 3.05) is 5.73 Å². The first-order chi connectivity index (χ1) is 13.6. The Bertz CT molecular complexity index is 1010. The molecule has 1 fully saturated rings. The number of carbonyl (C=O) groups is 1. The van der Waals surface area contributed by atoms with E-state index in [1.165, 1.54) is 0 Å². The molecule has 1 aromatic heterocycles. The standard InChI is InChI=1S/C23H23N3O2/c1-2-19-20(13-25-22(24)21(19)15-7-11-18(27)12-8-15)14-3-5-16(6-4-14)23(28)26-17-9-10-17/h3-8,11-13,17,27H,2,9-10H2,1H3,(H2,24,25)(H,26,28). The molecule has 3 aromatic rings. The molecule has 0 unspecified atom stereocenters. The number of nitrogens with two attached hydrogens (primary N) is 1. The molecule has 5 heteroatoms. The Balaban J connectivity index is 1.72. The molecule has 0 atom stereocenters. The largest absolute Gasteiger partial charge is 0.508 e. The molecule has 1 heterocycles. The zero-order valence-electron chi connectivity index (χ0n) is 15.8. The molecule has 5 nitrogen and oxygen atoms in total. The van der Waals surface area contributed by atoms with Crippen LogP contribution in [0.2, 0.25) is 0 Å². The molecule has 4 rings (SSSR count). The number of amides is 1. The van der Waals surface area contributed by atoms with E-state index in [0.29, 0.717) is 17.4 Å². The smallest absolute Gasteiger partial charge is 0.251 e. The first-order valence-electron chi connectivity index (χ1n) is 9.55. The van der Waals surface area contributed by atoms with Gasteiger partial charge in [0, 0.05) is 28.9 Å². The van der Waals surface area contributed by atoms with Crippen LogP contribution < -0.4 is 11.1 Å². The number of nitrogens with one attached hydrogen (secondary N) is 1. The average Bonchev–Trinajstić information content (AvgIpc) is 3.52. The lowest BCUT2D eigenvalue weighted by Gasteiger charge is -2.16. The number of carbonyl (C=O) groups excluding carboxylic acids is 1. The molecule has 1 amide bonds. The number of hydrogen-bond donors (Lipinski definition) is 3. The predicted molar refractivity (Wildman–Crippen MR) is 111 cm³/mol. The number of pyridine rings is 1. The summed E-state index contributed by atoms with van der Waals surface area (Å²) in [5, 5.41) is 12.6. The second-order valence-electron chi connectivity index (χ2n) is 7.14. The zero-order chi connectivity index (χ0) is 19.7. The third-order valence-electron chi connectivity index (χ3n) is 5.10. The van der Waals surface area contributed by atoms with Gasteiger partial charge in [-0.25, -0.2) is 4.98 Å². The molecule has 0 spiro atoms. The third-order valence-corrected chi connectivity index (χ3v) is 5.10. The molecule has 0 radical (unpaired) electrons. The van der Waals surface area contributed by atoms with Gasteiger partial charge >= 0.3 is 0 Å². The van der Waals surface area contributed by atoms with Gasteiger partial charge in [0.25, 0.3) is 5.91 Å². The van der Waals surface area contributed by atoms with E-state index in [2.05, 4.69) is 17.2 Å². The summed E-state index contributed by atoms with van der Waals surface area (Å²) in [6, 6.07) is 14.9. The summed E-state index contributed by atoms with van der Waals surface area (Å²) >= 11 is 0. The van der Waals surface area contributed by atoms with Crippen molar-refractivity contribution in [3.8, 4) is 28.0 Å². The third kappa shape index (κ3) is 3.56. The molecule has 0 aliphatic heterocycles. The van der Waals surface area contributed by atoms with Crippen LogP contribution >= 0.6 is 0 Å². The maximum absolute atomic E-state index is 12.2. The summed E-state index contributed by atoms with van der Waals surface area (Å²) in [4.78, 5) is 16.6. The Labute approximate surface area is 164 Å². The maximum atomic E-state index is 12.2. The molecule has 142 valence electrons. The van der Waals surface area contributed by atoms with Crippen molar-refractivity contribution in [1.29, 1.82) is 0 Å². The normalized spacial score (nSPS) is 13.3. The monoisotopic (exact) mass is 373 g/mol. The Morgan fingerprint density at radius 3 is 2.36 bits per heavy atom. The van der Waals surface area contributed by atoms with Gasteiger partial charge in [-0.2, -0.15) is 0 Å². The van der Waals surface area contributed by atoms with E-state index in [1.807, 2.05) is 36.4 Å². The highest BCUT2D eigenvalue weighted by molar-refractivity contribution is 5.95. The van der Waals surface area contributed by atoms with Crippen molar-refractivity contribution in [2.24, 2.45) is 0 Å². The fourth-order valence-electron chi connectivity index (χ4n) is 3.43. The number of aromatic nitrogens is 1. The predicted octanol–water partition coefficient (Wildman–Crippen LogP) is 4.16. The van der Waals surface area contributed by atoms with Crippen LogP contribution in [0.1, 0.15) is 35.7 Å². The molecular formula is C23H23N3O2. The lowest BCUT2D eigenvalue weighted by atomic mass is 9.91. The second kappa shape index (κ2) is 7.35. The first-order valence-corrected chi connectivity index (χ1v) is 9.55. The molecule has 1 aliphatic rings. The van der Waals surface area contributed by atoms with Crippen molar-refractivity contribution in [1.82, 2.24) is 10.3 Å². The van der Waals surface area contributed by atoms with Crippen molar-refractivity contribution >= 4 is 11.7 Å². The van der Waals surface area contributed by atoms with Gasteiger partial charge in [0.15, 0.2) is 0 Å². The van der Waals surface area contributed by atoms with E-state index < -0.39 is 0 Å². The summed E-state index contributed by atoms with van der Waals surface area (Å²) in [5.74, 6) is 0.654. The molecule has 0 saturated heterocycles. The number of nitrogens with zero attached hydrogens (tertiary/aromatic N) is 1. The highest BCUT2D eigenvalue weighted by Crippen LogP contribution is 2.36. The topological polar surface area (TPSA) is 88.2 Å². The van der Waals surface area contributed by atoms with Crippen LogP contribution in [-0.2, 0) is 6.42 Å². The molecule has 4 N–H and O–H groups in total. The van der Waals surface area contributed by atoms with Gasteiger partial charge in [-0.3, -0.25) is 4.79 Å². The summed E-state index contributed by atoms with van der Waals surface area (Å²) in [6.45, 7) is 2.08. The van der Waals surface area contributed by atoms with E-state index in [1.54, 1.807) is 18.3 Å². The summed E-state index contributed by atoms with van der Waals surface area (Å²) < 4.78 is 0. The lowest BCUT2D eigenvalue weighted by Crippen LogP contribution is -2.25. The number of phenolic OH excluding ortho intramolecular Hbond substituents is 1. The van der Waals surface area contributed by atoms with E-state index in [9.17, 15) is 9.90 Å². The highest BCUT2D eigenvalue weighted by atomic mass is 16.3. The van der Waals surface area contributed by atoms with Gasteiger partial charge < -0.3 is 16.2 Å². The maximum Gasteiger partial charge on any atom is 0.251 e. The van der Waals surface area contributed by atoms with E-state index in [0.717, 1.165) is 47.1 Å². The van der Waals surface area contributed by atoms with Crippen LogP contribution in [0.5, 0.6) is 5.75 Å². The highest BCUT2D eigenvalue weighted by Gasteiger charge is 2.23. The molecule has 28 heavy (non-hydrogen) atoms. The minimum absolute atomic E-state index is 0.0232. The average molecular weight is 373 g/mol. The molecular weight excluding hydrogens is 350 g/mol. The van der Waals surface area contributed by atoms with Crippen LogP contribution in [0.15, 0.2) is 54.7 Å². The number of benzene rings is 2. The number of phenols is 1. The Hall–Kier alpha value is -3.34. The quantitative estimate of drug-likeness (QED) is 0.627. The van der Waals surface area contributed by atoms with E-state index in [-0.39, 0.29) is 11.7 Å². The van der Waals surface area contributed by atoms with Gasteiger partial charge in [-0.15, -0.1) is 0 Å². The number of anilines is 1. The lowest BCUT2D eigenvalue weighted by molar-refractivity contribution is 0.0951. The summed E-state index contributed by atoms with van der Waals surface area (Å²) in [5.41, 5.74) is 11.7. The van der Waals surface area contributed by atoms with Crippen LogP contribution in [0.4, 0.5) is 5.82 Å². The number of aromatic hydroxyl groups is 1. The van der Waals surface area contributed by atoms with Crippen LogP contribution in [0.3, 0.4) is 0 Å². The Morgan fingerprint density at radius 2 is 1.75 bits per heavy atom. The SMILES string of the molecule is CCc1c(-c2ccc(C(=O)NC3CC3)cc2)cnc(N)c1-c1ccc(O)cc1. The molecule has 2 aromatic carbocycles. The molecule has 1 saturated carbocycles. The van der Waals surface area contributed by atoms with Gasteiger partial charge in [0.05, 0.1) is 0 Å². The molecule has 1 aliphatic carbocycles. The van der Waals surface area contributed by atoms with Crippen molar-refractivity contribution < 1.29 is 9.90 Å². The van der Waals surface area contributed by atoms with Crippen molar-refractivity contribution in [2.45, 2.75) is 32.2 Å². The zero-order valence-corrected chi connectivity index (χ0v) is 15.8. The van der Waals surface area contributed by atoms with Crippen LogP contribution in [0.25, 0.3) is 22.3 Å². The van der Waals surface area contributed by atoms with Gasteiger partial charge in [0.1, 0.15) is 11.6 Å². The number of rotatable bonds is 5. The fraction of sp³-hybridized carbons (Fsp3) is 0.217. The summed E-state index contributed by atoms with van der Waals surface area (Å²) in [6.07, 6.45) is 4.71. The van der Waals surface area contributed by atoms with Gasteiger partial charge in [-0.1, -0.05) is 31.2 Å². The Kier molecular flexibility index (Phi) is 4.74. The van der Waals surface area contributed by atoms with Gasteiger partial charge in [0.2, 0.25) is 0 Å². The Morgan fingerprint density at radius 1 is 1.11 bits per heavy atom.